The van der Waals surface area contributed by atoms with Gasteiger partial charge in [0.2, 0.25) is 0 Å². The third-order valence-electron chi connectivity index (χ3n) is 5.38. The molecule has 1 N–H and O–H groups in total. The summed E-state index contributed by atoms with van der Waals surface area (Å²) in [6.07, 6.45) is -0.871. The Morgan fingerprint density at radius 3 is 2.46 bits per heavy atom. The number of rotatable bonds is 7. The second-order valence-electron chi connectivity index (χ2n) is 7.74. The molecule has 0 fully saturated rings. The van der Waals surface area contributed by atoms with Crippen LogP contribution in [0, 0.1) is 17.5 Å². The molecule has 1 atom stereocenters. The van der Waals surface area contributed by atoms with Gasteiger partial charge in [0, 0.05) is 12.1 Å². The number of fused-ring (bicyclic) bond motifs is 1. The maximum atomic E-state index is 14.3. The van der Waals surface area contributed by atoms with Gasteiger partial charge >= 0.3 is 12.1 Å². The zero-order valence-corrected chi connectivity index (χ0v) is 18.2. The highest BCUT2D eigenvalue weighted by atomic mass is 19.2. The lowest BCUT2D eigenvalue weighted by Crippen LogP contribution is -2.38. The molecule has 10 heteroatoms. The molecule has 1 aliphatic rings. The second-order valence-corrected chi connectivity index (χ2v) is 7.74. The monoisotopic (exact) mass is 487 g/mol. The smallest absolute Gasteiger partial charge is 0.482 e. The van der Waals surface area contributed by atoms with Gasteiger partial charge in [-0.15, -0.1) is 5.06 Å². The Bertz CT molecular complexity index is 1240. The van der Waals surface area contributed by atoms with E-state index in [0.29, 0.717) is 5.56 Å². The molecule has 4 rings (SSSR count). The molecule has 0 aromatic heterocycles. The fourth-order valence-electron chi connectivity index (χ4n) is 3.85. The summed E-state index contributed by atoms with van der Waals surface area (Å²) in [7, 11) is 0. The quantitative estimate of drug-likeness (QED) is 0.480. The van der Waals surface area contributed by atoms with Crippen LogP contribution in [-0.2, 0) is 27.4 Å². The molecule has 0 spiro atoms. The van der Waals surface area contributed by atoms with Crippen molar-refractivity contribution in [3.63, 3.8) is 0 Å². The molecule has 3 aromatic carbocycles. The van der Waals surface area contributed by atoms with Crippen LogP contribution in [0.25, 0.3) is 0 Å². The van der Waals surface area contributed by atoms with Crippen LogP contribution in [0.2, 0.25) is 0 Å². The molecule has 0 radical (unpaired) electrons. The van der Waals surface area contributed by atoms with Gasteiger partial charge in [0.15, 0.2) is 18.2 Å². The molecule has 1 unspecified atom stereocenters. The van der Waals surface area contributed by atoms with E-state index >= 15 is 0 Å². The van der Waals surface area contributed by atoms with Crippen molar-refractivity contribution in [2.24, 2.45) is 0 Å². The highest BCUT2D eigenvalue weighted by molar-refractivity contribution is 5.68. The molecular weight excluding hydrogens is 467 g/mol. The first-order valence-electron chi connectivity index (χ1n) is 10.6. The molecule has 7 nitrogen and oxygen atoms in total. The molecule has 0 saturated heterocycles. The number of nitrogens with zero attached hydrogens (tertiary/aromatic N) is 1. The molecule has 0 bridgehead atoms. The highest BCUT2D eigenvalue weighted by Gasteiger charge is 2.35. The Kier molecular flexibility index (Phi) is 7.21. The first-order chi connectivity index (χ1) is 16.8. The van der Waals surface area contributed by atoms with Crippen LogP contribution >= 0.6 is 0 Å². The minimum atomic E-state index is -1.27. The molecule has 1 heterocycles. The van der Waals surface area contributed by atoms with Crippen molar-refractivity contribution in [3.05, 3.63) is 100 Å². The summed E-state index contributed by atoms with van der Waals surface area (Å²) in [5.74, 6) is -4.19. The molecule has 0 amide bonds. The number of carboxylic acid groups (broad SMARTS) is 1. The summed E-state index contributed by atoms with van der Waals surface area (Å²) in [6, 6.07) is 13.0. The molecule has 35 heavy (non-hydrogen) atoms. The van der Waals surface area contributed by atoms with E-state index in [-0.39, 0.29) is 36.4 Å². The van der Waals surface area contributed by atoms with E-state index in [2.05, 4.69) is 0 Å². The Morgan fingerprint density at radius 2 is 1.71 bits per heavy atom. The predicted octanol–water partition coefficient (Wildman–Crippen LogP) is 4.78. The fourth-order valence-corrected chi connectivity index (χ4v) is 3.85. The van der Waals surface area contributed by atoms with Gasteiger partial charge < -0.3 is 19.4 Å². The first kappa shape index (κ1) is 24.1. The number of aliphatic carboxylic acids is 1. The van der Waals surface area contributed by atoms with Gasteiger partial charge in [-0.25, -0.2) is 22.8 Å². The van der Waals surface area contributed by atoms with Gasteiger partial charge in [-0.1, -0.05) is 30.3 Å². The normalized spacial score (nSPS) is 15.2. The van der Waals surface area contributed by atoms with Crippen LogP contribution in [0.15, 0.2) is 60.7 Å². The number of carbonyl (C=O) groups is 2. The predicted molar refractivity (Wildman–Crippen MR) is 116 cm³/mol. The number of hydrogen-bond acceptors (Lipinski definition) is 6. The lowest BCUT2D eigenvalue weighted by Gasteiger charge is -2.36. The Labute approximate surface area is 198 Å². The van der Waals surface area contributed by atoms with Crippen LogP contribution in [0.4, 0.5) is 18.0 Å². The second kappa shape index (κ2) is 10.5. The lowest BCUT2D eigenvalue weighted by atomic mass is 9.88. The Morgan fingerprint density at radius 1 is 0.971 bits per heavy atom. The van der Waals surface area contributed by atoms with E-state index in [1.807, 2.05) is 6.07 Å². The third kappa shape index (κ3) is 5.72. The van der Waals surface area contributed by atoms with Crippen LogP contribution in [0.1, 0.15) is 28.3 Å². The van der Waals surface area contributed by atoms with Crippen LogP contribution < -0.4 is 4.74 Å². The van der Waals surface area contributed by atoms with Crippen molar-refractivity contribution in [1.82, 2.24) is 5.06 Å². The van der Waals surface area contributed by atoms with Crippen molar-refractivity contribution in [3.8, 4) is 5.75 Å². The summed E-state index contributed by atoms with van der Waals surface area (Å²) < 4.78 is 52.9. The maximum Gasteiger partial charge on any atom is 0.528 e. The van der Waals surface area contributed by atoms with Gasteiger partial charge in [-0.2, -0.15) is 0 Å². The minimum absolute atomic E-state index is 0.0253. The van der Waals surface area contributed by atoms with Crippen molar-refractivity contribution >= 4 is 12.1 Å². The zero-order valence-electron chi connectivity index (χ0n) is 18.2. The van der Waals surface area contributed by atoms with E-state index in [0.717, 1.165) is 34.9 Å². The number of carbonyl (C=O) groups excluding carboxylic acids is 1. The Hall–Kier alpha value is -4.05. The van der Waals surface area contributed by atoms with E-state index in [1.165, 1.54) is 6.07 Å². The highest BCUT2D eigenvalue weighted by Crippen LogP contribution is 2.40. The van der Waals surface area contributed by atoms with Gasteiger partial charge in [0.25, 0.3) is 0 Å². The van der Waals surface area contributed by atoms with Gasteiger partial charge in [0.05, 0.1) is 0 Å². The topological polar surface area (TPSA) is 85.3 Å². The number of halogens is 3. The van der Waals surface area contributed by atoms with Crippen LogP contribution in [0.3, 0.4) is 0 Å². The number of ether oxygens (including phenoxy) is 2. The molecular formula is C25H20F3NO6. The fraction of sp³-hybridized carbons (Fsp3) is 0.200. The summed E-state index contributed by atoms with van der Waals surface area (Å²) in [5.41, 5.74) is 1.41. The minimum Gasteiger partial charge on any atom is -0.482 e. The molecule has 182 valence electrons. The molecule has 0 aliphatic carbocycles. The number of hydroxylamine groups is 2. The van der Waals surface area contributed by atoms with E-state index in [9.17, 15) is 22.8 Å². The Balaban J connectivity index is 1.67. The standard InChI is InChI=1S/C25H20F3NO6/c26-17-6-7-22(33-14-23(30)31)19(11-17)24-18-12-21(28)20(27)10-16(18)8-9-29(24)35-25(32)34-13-15-4-2-1-3-5-15/h1-7,10-12,24H,8-9,13-14H2,(H,30,31). The van der Waals surface area contributed by atoms with Crippen molar-refractivity contribution < 1.29 is 42.2 Å². The van der Waals surface area contributed by atoms with E-state index in [4.69, 9.17) is 19.4 Å². The van der Waals surface area contributed by atoms with Gasteiger partial charge in [-0.05, 0) is 53.4 Å². The third-order valence-corrected chi connectivity index (χ3v) is 5.38. The van der Waals surface area contributed by atoms with E-state index < -0.39 is 42.2 Å². The van der Waals surface area contributed by atoms with Crippen LogP contribution in [0.5, 0.6) is 5.75 Å². The molecule has 3 aromatic rings. The summed E-state index contributed by atoms with van der Waals surface area (Å²) in [5, 5.41) is 10.1. The number of hydrogen-bond donors (Lipinski definition) is 1. The maximum absolute atomic E-state index is 14.3. The first-order valence-corrected chi connectivity index (χ1v) is 10.6. The SMILES string of the molecule is O=C(O)COc1ccc(F)cc1C1c2cc(F)c(F)cc2CCN1OC(=O)OCc1ccccc1. The van der Waals surface area contributed by atoms with Crippen molar-refractivity contribution in [2.45, 2.75) is 19.1 Å². The van der Waals surface area contributed by atoms with Crippen molar-refractivity contribution in [2.75, 3.05) is 13.2 Å². The largest absolute Gasteiger partial charge is 0.528 e. The number of carboxylic acids is 1. The van der Waals surface area contributed by atoms with E-state index in [1.54, 1.807) is 24.3 Å². The van der Waals surface area contributed by atoms with Gasteiger partial charge in [0.1, 0.15) is 24.2 Å². The average molecular weight is 487 g/mol. The summed E-state index contributed by atoms with van der Waals surface area (Å²) in [4.78, 5) is 28.9. The average Bonchev–Trinajstić information content (AvgIpc) is 2.83. The van der Waals surface area contributed by atoms with Gasteiger partial charge in [-0.3, -0.25) is 0 Å². The summed E-state index contributed by atoms with van der Waals surface area (Å²) in [6.45, 7) is -0.754. The zero-order chi connectivity index (χ0) is 24.9. The van der Waals surface area contributed by atoms with Crippen molar-refractivity contribution in [1.29, 1.82) is 0 Å². The van der Waals surface area contributed by atoms with Crippen LogP contribution in [-0.4, -0.2) is 35.4 Å². The summed E-state index contributed by atoms with van der Waals surface area (Å²) >= 11 is 0. The lowest BCUT2D eigenvalue weighted by molar-refractivity contribution is -0.152. The molecule has 0 saturated carbocycles. The number of benzene rings is 3. The molecule has 1 aliphatic heterocycles.